The van der Waals surface area contributed by atoms with Gasteiger partial charge in [0.1, 0.15) is 6.54 Å². The first-order chi connectivity index (χ1) is 13.1. The highest BCUT2D eigenvalue weighted by Gasteiger charge is 2.16. The number of hydrogen-bond acceptors (Lipinski definition) is 5. The summed E-state index contributed by atoms with van der Waals surface area (Å²) in [4.78, 5) is 25.1. The van der Waals surface area contributed by atoms with Crippen molar-refractivity contribution in [2.45, 2.75) is 19.5 Å². The lowest BCUT2D eigenvalue weighted by atomic mass is 10.00. The molecule has 1 N–H and O–H groups in total. The molecular weight excluding hydrogens is 362 g/mol. The Kier molecular flexibility index (Phi) is 4.60. The molecular formula is C20H17N3O3S. The number of carbonyl (C=O) groups is 1. The molecule has 7 heteroatoms. The Labute approximate surface area is 159 Å². The number of nitrogens with one attached hydrogen (secondary N) is 1. The van der Waals surface area contributed by atoms with E-state index in [0.29, 0.717) is 0 Å². The Balaban J connectivity index is 1.50. The fourth-order valence-corrected chi connectivity index (χ4v) is 3.68. The molecule has 136 valence electrons. The van der Waals surface area contributed by atoms with Gasteiger partial charge in [-0.1, -0.05) is 48.5 Å². The summed E-state index contributed by atoms with van der Waals surface area (Å²) in [7, 11) is 0. The van der Waals surface area contributed by atoms with Crippen LogP contribution in [0.4, 0.5) is 0 Å². The fraction of sp³-hybridized carbons (Fsp3) is 0.150. The number of hydrogen-bond donors (Lipinski definition) is 1. The van der Waals surface area contributed by atoms with Crippen molar-refractivity contribution in [3.05, 3.63) is 76.1 Å². The van der Waals surface area contributed by atoms with E-state index >= 15 is 0 Å². The molecule has 0 fully saturated rings. The van der Waals surface area contributed by atoms with Crippen LogP contribution in [0.1, 0.15) is 18.5 Å². The highest BCUT2D eigenvalue weighted by Crippen LogP contribution is 2.24. The van der Waals surface area contributed by atoms with Crippen LogP contribution < -0.4 is 11.1 Å². The van der Waals surface area contributed by atoms with Gasteiger partial charge in [0.15, 0.2) is 0 Å². The van der Waals surface area contributed by atoms with Gasteiger partial charge in [-0.15, -0.1) is 16.4 Å². The number of thiophene rings is 1. The van der Waals surface area contributed by atoms with Crippen molar-refractivity contribution in [3.8, 4) is 10.8 Å². The molecule has 2 aromatic carbocycles. The molecule has 6 nitrogen and oxygen atoms in total. The quantitative estimate of drug-likeness (QED) is 0.575. The zero-order valence-electron chi connectivity index (χ0n) is 14.6. The molecule has 0 saturated carbocycles. The monoisotopic (exact) mass is 379 g/mol. The van der Waals surface area contributed by atoms with Crippen molar-refractivity contribution in [2.24, 2.45) is 0 Å². The summed E-state index contributed by atoms with van der Waals surface area (Å²) < 4.78 is 6.18. The van der Waals surface area contributed by atoms with E-state index < -0.39 is 5.76 Å². The van der Waals surface area contributed by atoms with Gasteiger partial charge >= 0.3 is 5.76 Å². The third kappa shape index (κ3) is 3.54. The predicted octanol–water partition coefficient (Wildman–Crippen LogP) is 3.60. The highest BCUT2D eigenvalue weighted by atomic mass is 32.1. The second-order valence-corrected chi connectivity index (χ2v) is 7.11. The van der Waals surface area contributed by atoms with Crippen LogP contribution in [0, 0.1) is 0 Å². The van der Waals surface area contributed by atoms with E-state index in [4.69, 9.17) is 4.42 Å². The van der Waals surface area contributed by atoms with E-state index in [9.17, 15) is 9.59 Å². The zero-order chi connectivity index (χ0) is 18.8. The molecule has 0 aliphatic rings. The number of benzene rings is 2. The summed E-state index contributed by atoms with van der Waals surface area (Å²) in [6, 6.07) is 17.5. The van der Waals surface area contributed by atoms with Gasteiger partial charge in [0.2, 0.25) is 5.91 Å². The Bertz CT molecular complexity index is 1140. The summed E-state index contributed by atoms with van der Waals surface area (Å²) in [6.07, 6.45) is 0. The van der Waals surface area contributed by atoms with Gasteiger partial charge in [0.05, 0.1) is 10.9 Å². The lowest BCUT2D eigenvalue weighted by Crippen LogP contribution is -2.33. The van der Waals surface area contributed by atoms with Crippen molar-refractivity contribution in [2.75, 3.05) is 0 Å². The molecule has 0 bridgehead atoms. The van der Waals surface area contributed by atoms with Crippen LogP contribution in [-0.2, 0) is 11.3 Å². The number of rotatable bonds is 5. The highest BCUT2D eigenvalue weighted by molar-refractivity contribution is 7.13. The van der Waals surface area contributed by atoms with Gasteiger partial charge in [-0.25, -0.2) is 4.79 Å². The minimum absolute atomic E-state index is 0.192. The molecule has 0 aliphatic heterocycles. The Morgan fingerprint density at radius 1 is 1.19 bits per heavy atom. The van der Waals surface area contributed by atoms with Crippen molar-refractivity contribution < 1.29 is 9.21 Å². The molecule has 2 aromatic heterocycles. The smallest absolute Gasteiger partial charge is 0.387 e. The van der Waals surface area contributed by atoms with Crippen LogP contribution in [0.25, 0.3) is 21.5 Å². The maximum atomic E-state index is 12.4. The zero-order valence-corrected chi connectivity index (χ0v) is 15.4. The van der Waals surface area contributed by atoms with Crippen molar-refractivity contribution >= 4 is 28.0 Å². The predicted molar refractivity (Wildman–Crippen MR) is 105 cm³/mol. The van der Waals surface area contributed by atoms with Crippen molar-refractivity contribution in [1.82, 2.24) is 15.1 Å². The molecule has 0 aliphatic carbocycles. The van der Waals surface area contributed by atoms with Gasteiger partial charge < -0.3 is 9.73 Å². The van der Waals surface area contributed by atoms with Crippen LogP contribution in [0.3, 0.4) is 0 Å². The number of carbonyl (C=O) groups excluding carboxylic acids is 1. The number of nitrogens with zero attached hydrogens (tertiary/aromatic N) is 2. The summed E-state index contributed by atoms with van der Waals surface area (Å²) in [5.74, 6) is -0.722. The SMILES string of the molecule is CC(NC(=O)Cn1nc(-c2cccs2)oc1=O)c1cccc2ccccc12. The van der Waals surface area contributed by atoms with E-state index in [1.165, 1.54) is 11.3 Å². The minimum atomic E-state index is -0.647. The second kappa shape index (κ2) is 7.20. The number of fused-ring (bicyclic) bond motifs is 1. The van der Waals surface area contributed by atoms with E-state index in [0.717, 1.165) is 25.9 Å². The molecule has 1 amide bonds. The summed E-state index contributed by atoms with van der Waals surface area (Å²) in [6.45, 7) is 1.73. The third-order valence-electron chi connectivity index (χ3n) is 4.30. The van der Waals surface area contributed by atoms with Crippen molar-refractivity contribution in [3.63, 3.8) is 0 Å². The summed E-state index contributed by atoms with van der Waals surface area (Å²) in [5, 5.41) is 11.1. The van der Waals surface area contributed by atoms with Gasteiger partial charge in [-0.3, -0.25) is 4.79 Å². The lowest BCUT2D eigenvalue weighted by molar-refractivity contribution is -0.122. The average molecular weight is 379 g/mol. The van der Waals surface area contributed by atoms with Crippen LogP contribution in [0.15, 0.2) is 69.2 Å². The van der Waals surface area contributed by atoms with E-state index in [2.05, 4.69) is 10.4 Å². The summed E-state index contributed by atoms with van der Waals surface area (Å²) >= 11 is 1.42. The molecule has 0 saturated heterocycles. The largest absolute Gasteiger partial charge is 0.437 e. The molecule has 1 atom stereocenters. The molecule has 27 heavy (non-hydrogen) atoms. The molecule has 4 rings (SSSR count). The fourth-order valence-electron chi connectivity index (χ4n) is 3.03. The number of amides is 1. The minimum Gasteiger partial charge on any atom is -0.387 e. The molecule has 0 radical (unpaired) electrons. The number of aromatic nitrogens is 2. The standard InChI is InChI=1S/C20H17N3O3S/c1-13(15-9-4-7-14-6-2-3-8-16(14)15)21-18(24)12-23-20(25)26-19(22-23)17-10-5-11-27-17/h2-11,13H,12H2,1H3,(H,21,24). The lowest BCUT2D eigenvalue weighted by Gasteiger charge is -2.16. The van der Waals surface area contributed by atoms with Gasteiger partial charge in [-0.05, 0) is 34.7 Å². The van der Waals surface area contributed by atoms with E-state index in [-0.39, 0.29) is 24.4 Å². The van der Waals surface area contributed by atoms with Gasteiger partial charge in [0.25, 0.3) is 5.89 Å². The average Bonchev–Trinajstić information content (AvgIpc) is 3.31. The Morgan fingerprint density at radius 2 is 2.00 bits per heavy atom. The molecule has 0 spiro atoms. The van der Waals surface area contributed by atoms with Crippen LogP contribution in [0.5, 0.6) is 0 Å². The Hall–Kier alpha value is -3.19. The maximum Gasteiger partial charge on any atom is 0.437 e. The molecule has 1 unspecified atom stereocenters. The second-order valence-electron chi connectivity index (χ2n) is 6.17. The summed E-state index contributed by atoms with van der Waals surface area (Å²) in [5.41, 5.74) is 1.02. The first kappa shape index (κ1) is 17.2. The topological polar surface area (TPSA) is 77.1 Å². The first-order valence-corrected chi connectivity index (χ1v) is 9.38. The van der Waals surface area contributed by atoms with E-state index in [1.807, 2.05) is 66.9 Å². The van der Waals surface area contributed by atoms with E-state index in [1.54, 1.807) is 0 Å². The Morgan fingerprint density at radius 3 is 2.81 bits per heavy atom. The van der Waals surface area contributed by atoms with Gasteiger partial charge in [0, 0.05) is 0 Å². The normalized spacial score (nSPS) is 12.2. The molecule has 2 heterocycles. The maximum absolute atomic E-state index is 12.4. The first-order valence-electron chi connectivity index (χ1n) is 8.50. The van der Waals surface area contributed by atoms with Crippen LogP contribution >= 0.6 is 11.3 Å². The third-order valence-corrected chi connectivity index (χ3v) is 5.16. The molecule has 4 aromatic rings. The van der Waals surface area contributed by atoms with Crippen LogP contribution in [-0.4, -0.2) is 15.7 Å². The van der Waals surface area contributed by atoms with Crippen molar-refractivity contribution in [1.29, 1.82) is 0 Å². The van der Waals surface area contributed by atoms with Crippen LogP contribution in [0.2, 0.25) is 0 Å². The van der Waals surface area contributed by atoms with Gasteiger partial charge in [-0.2, -0.15) is 4.68 Å².